The number of anilines is 5. The van der Waals surface area contributed by atoms with Crippen LogP contribution in [0.5, 0.6) is 0 Å². The molecule has 3 atom stereocenters. The van der Waals surface area contributed by atoms with Gasteiger partial charge in [-0.05, 0) is 62.3 Å². The number of aryl methyl sites for hydroxylation is 1. The highest BCUT2D eigenvalue weighted by Gasteiger charge is 2.43. The van der Waals surface area contributed by atoms with Crippen molar-refractivity contribution in [3.8, 4) is 0 Å². The molecular formula is C25H29FN8. The molecule has 8 nitrogen and oxygen atoms in total. The third-order valence-electron chi connectivity index (χ3n) is 7.44. The van der Waals surface area contributed by atoms with Crippen molar-refractivity contribution >= 4 is 29.1 Å². The van der Waals surface area contributed by atoms with E-state index in [0.29, 0.717) is 23.8 Å². The van der Waals surface area contributed by atoms with Crippen LogP contribution in [0.15, 0.2) is 36.7 Å². The van der Waals surface area contributed by atoms with Crippen molar-refractivity contribution < 1.29 is 4.39 Å². The molecule has 0 amide bonds. The van der Waals surface area contributed by atoms with Gasteiger partial charge in [0.1, 0.15) is 29.6 Å². The molecule has 2 bridgehead atoms. The van der Waals surface area contributed by atoms with Crippen LogP contribution in [0.2, 0.25) is 0 Å². The molecule has 1 aromatic carbocycles. The molecule has 0 radical (unpaired) electrons. The molecule has 2 aromatic heterocycles. The molecule has 6 rings (SSSR count). The van der Waals surface area contributed by atoms with Crippen molar-refractivity contribution in [3.63, 3.8) is 0 Å². The summed E-state index contributed by atoms with van der Waals surface area (Å²) in [5.74, 6) is 4.22. The zero-order chi connectivity index (χ0) is 23.2. The van der Waals surface area contributed by atoms with Gasteiger partial charge < -0.3 is 20.4 Å². The van der Waals surface area contributed by atoms with Crippen LogP contribution >= 0.6 is 0 Å². The fraction of sp³-hybridized carbons (Fsp3) is 0.440. The summed E-state index contributed by atoms with van der Waals surface area (Å²) < 4.78 is 13.5. The monoisotopic (exact) mass is 460 g/mol. The quantitative estimate of drug-likeness (QED) is 0.595. The van der Waals surface area contributed by atoms with Gasteiger partial charge in [0, 0.05) is 55.7 Å². The molecular weight excluding hydrogens is 431 g/mol. The summed E-state index contributed by atoms with van der Waals surface area (Å²) in [6.45, 7) is 4.75. The van der Waals surface area contributed by atoms with Crippen LogP contribution in [0.4, 0.5) is 33.5 Å². The number of nitrogens with one attached hydrogen (secondary N) is 2. The second-order valence-electron chi connectivity index (χ2n) is 9.52. The Balaban J connectivity index is 1.25. The second kappa shape index (κ2) is 8.38. The van der Waals surface area contributed by atoms with Crippen LogP contribution in [0.3, 0.4) is 0 Å². The lowest BCUT2D eigenvalue weighted by Gasteiger charge is -2.39. The maximum absolute atomic E-state index is 13.5. The molecule has 176 valence electrons. The normalized spacial score (nSPS) is 23.2. The average molecular weight is 461 g/mol. The van der Waals surface area contributed by atoms with Crippen molar-refractivity contribution in [2.24, 2.45) is 11.8 Å². The van der Waals surface area contributed by atoms with E-state index in [2.05, 4.69) is 36.5 Å². The van der Waals surface area contributed by atoms with Crippen LogP contribution in [0.25, 0.3) is 0 Å². The fourth-order valence-corrected chi connectivity index (χ4v) is 5.81. The number of aromatic nitrogens is 4. The Bertz CT molecular complexity index is 1190. The average Bonchev–Trinajstić information content (AvgIpc) is 3.35. The van der Waals surface area contributed by atoms with Crippen molar-refractivity contribution in [1.82, 2.24) is 19.9 Å². The van der Waals surface area contributed by atoms with E-state index < -0.39 is 0 Å². The summed E-state index contributed by atoms with van der Waals surface area (Å²) in [4.78, 5) is 23.1. The van der Waals surface area contributed by atoms with Crippen molar-refractivity contribution in [3.05, 3.63) is 53.7 Å². The van der Waals surface area contributed by atoms with E-state index in [-0.39, 0.29) is 5.82 Å². The molecule has 2 N–H and O–H groups in total. The fourth-order valence-electron chi connectivity index (χ4n) is 5.81. The minimum absolute atomic E-state index is 0.233. The minimum atomic E-state index is -0.233. The first kappa shape index (κ1) is 21.1. The Hall–Kier alpha value is -3.49. The van der Waals surface area contributed by atoms with Crippen LogP contribution in [0.1, 0.15) is 24.1 Å². The first-order valence-electron chi connectivity index (χ1n) is 12.0. The zero-order valence-corrected chi connectivity index (χ0v) is 19.5. The Morgan fingerprint density at radius 2 is 1.79 bits per heavy atom. The summed E-state index contributed by atoms with van der Waals surface area (Å²) in [6.07, 6.45) is 4.88. The highest BCUT2D eigenvalue weighted by Crippen LogP contribution is 2.41. The molecule has 1 unspecified atom stereocenters. The lowest BCUT2D eigenvalue weighted by Crippen LogP contribution is -2.48. The lowest BCUT2D eigenvalue weighted by atomic mass is 9.92. The summed E-state index contributed by atoms with van der Waals surface area (Å²) >= 11 is 0. The maximum Gasteiger partial charge on any atom is 0.226 e. The van der Waals surface area contributed by atoms with E-state index in [1.165, 1.54) is 25.0 Å². The molecule has 3 aromatic rings. The first-order valence-corrected chi connectivity index (χ1v) is 12.0. The van der Waals surface area contributed by atoms with Crippen LogP contribution in [0, 0.1) is 24.6 Å². The molecule has 1 saturated heterocycles. The molecule has 4 heterocycles. The molecule has 3 aliphatic rings. The number of piperidine rings is 1. The third-order valence-corrected chi connectivity index (χ3v) is 7.44. The highest BCUT2D eigenvalue weighted by atomic mass is 19.1. The molecule has 2 aliphatic heterocycles. The molecule has 34 heavy (non-hydrogen) atoms. The zero-order valence-electron chi connectivity index (χ0n) is 19.5. The van der Waals surface area contributed by atoms with Crippen LogP contribution < -0.4 is 20.4 Å². The van der Waals surface area contributed by atoms with E-state index in [0.717, 1.165) is 60.5 Å². The Morgan fingerprint density at radius 1 is 1.03 bits per heavy atom. The third kappa shape index (κ3) is 3.69. The largest absolute Gasteiger partial charge is 0.373 e. The predicted octanol–water partition coefficient (Wildman–Crippen LogP) is 3.78. The number of nitrogens with zero attached hydrogens (tertiary/aromatic N) is 6. The van der Waals surface area contributed by atoms with E-state index in [9.17, 15) is 4.39 Å². The van der Waals surface area contributed by atoms with Gasteiger partial charge in [-0.2, -0.15) is 9.97 Å². The van der Waals surface area contributed by atoms with Gasteiger partial charge in [-0.3, -0.25) is 0 Å². The van der Waals surface area contributed by atoms with Gasteiger partial charge >= 0.3 is 0 Å². The van der Waals surface area contributed by atoms with Gasteiger partial charge in [0.05, 0.1) is 0 Å². The Morgan fingerprint density at radius 3 is 2.50 bits per heavy atom. The predicted molar refractivity (Wildman–Crippen MR) is 131 cm³/mol. The van der Waals surface area contributed by atoms with Crippen molar-refractivity contribution in [2.45, 2.75) is 32.2 Å². The summed E-state index contributed by atoms with van der Waals surface area (Å²) in [5, 5.41) is 6.96. The number of benzene rings is 1. The van der Waals surface area contributed by atoms with Crippen LogP contribution in [-0.4, -0.2) is 52.7 Å². The number of fused-ring (bicyclic) bond motifs is 3. The first-order chi connectivity index (χ1) is 16.6. The summed E-state index contributed by atoms with van der Waals surface area (Å²) in [6, 6.07) is 9.02. The van der Waals surface area contributed by atoms with E-state index in [1.807, 2.05) is 26.1 Å². The molecule has 1 saturated carbocycles. The maximum atomic E-state index is 13.5. The molecule has 9 heteroatoms. The number of hydrogen-bond acceptors (Lipinski definition) is 8. The van der Waals surface area contributed by atoms with Crippen molar-refractivity contribution in [1.29, 1.82) is 0 Å². The number of hydrogen-bond donors (Lipinski definition) is 2. The molecule has 0 spiro atoms. The highest BCUT2D eigenvalue weighted by molar-refractivity contribution is 5.72. The van der Waals surface area contributed by atoms with Crippen molar-refractivity contribution in [2.75, 3.05) is 47.1 Å². The number of rotatable bonds is 5. The van der Waals surface area contributed by atoms with Gasteiger partial charge in [0.15, 0.2) is 0 Å². The Kier molecular flexibility index (Phi) is 5.19. The second-order valence-corrected chi connectivity index (χ2v) is 9.52. The van der Waals surface area contributed by atoms with E-state index in [1.54, 1.807) is 6.33 Å². The van der Waals surface area contributed by atoms with E-state index in [4.69, 9.17) is 9.97 Å². The van der Waals surface area contributed by atoms with Crippen LogP contribution in [-0.2, 0) is 6.42 Å². The van der Waals surface area contributed by atoms with Gasteiger partial charge in [-0.15, -0.1) is 0 Å². The lowest BCUT2D eigenvalue weighted by molar-refractivity contribution is 0.375. The SMILES string of the molecule is CNc1nc(NC2[C@@H]3CC[C@H]2CN(c2cc(C)ncn2)C3)nc2c1CCN2c1ccc(F)cc1. The van der Waals surface area contributed by atoms with Gasteiger partial charge in [0.2, 0.25) is 5.95 Å². The molecule has 2 fully saturated rings. The van der Waals surface area contributed by atoms with Gasteiger partial charge in [-0.25, -0.2) is 14.4 Å². The Labute approximate surface area is 198 Å². The topological polar surface area (TPSA) is 82.1 Å². The number of halogens is 1. The summed E-state index contributed by atoms with van der Waals surface area (Å²) in [5.41, 5.74) is 3.05. The minimum Gasteiger partial charge on any atom is -0.373 e. The standard InChI is InChI=1S/C25H29FN8/c1-15-11-21(29-14-28-15)33-12-16-3-4-17(13-33)22(16)30-25-31-23(27-2)20-9-10-34(24(20)32-25)19-7-5-18(26)6-8-19/h5-8,11,14,16-17,22H,3-4,9-10,12-13H2,1-2H3,(H2,27,30,31,32)/t16-,17+,22?. The van der Waals surface area contributed by atoms with Gasteiger partial charge in [-0.1, -0.05) is 0 Å². The van der Waals surface area contributed by atoms with Gasteiger partial charge in [0.25, 0.3) is 0 Å². The summed E-state index contributed by atoms with van der Waals surface area (Å²) in [7, 11) is 1.90. The smallest absolute Gasteiger partial charge is 0.226 e. The van der Waals surface area contributed by atoms with E-state index >= 15 is 0 Å². The molecule has 1 aliphatic carbocycles.